The number of carbonyl (C=O) groups is 3. The van der Waals surface area contributed by atoms with Crippen molar-refractivity contribution in [1.29, 1.82) is 5.26 Å². The van der Waals surface area contributed by atoms with E-state index >= 15 is 0 Å². The number of nitriles is 1. The summed E-state index contributed by atoms with van der Waals surface area (Å²) in [5.74, 6) is -0.913. The first-order valence-electron chi connectivity index (χ1n) is 10.1. The third-order valence-electron chi connectivity index (χ3n) is 4.57. The molecular weight excluding hydrogens is 420 g/mol. The predicted molar refractivity (Wildman–Crippen MR) is 122 cm³/mol. The van der Waals surface area contributed by atoms with Crippen molar-refractivity contribution < 1.29 is 19.1 Å². The zero-order valence-corrected chi connectivity index (χ0v) is 17.7. The Labute approximate surface area is 191 Å². The van der Waals surface area contributed by atoms with Crippen LogP contribution in [0.4, 0.5) is 0 Å². The summed E-state index contributed by atoms with van der Waals surface area (Å²) in [7, 11) is 0. The lowest BCUT2D eigenvalue weighted by atomic mass is 10.0. The Morgan fingerprint density at radius 1 is 0.758 bits per heavy atom. The topological polar surface area (TPSA) is 120 Å². The summed E-state index contributed by atoms with van der Waals surface area (Å²) < 4.78 is 5.42. The van der Waals surface area contributed by atoms with Crippen LogP contribution in [-0.2, 0) is 20.8 Å². The fourth-order valence-electron chi connectivity index (χ4n) is 2.87. The molecule has 0 radical (unpaired) electrons. The van der Waals surface area contributed by atoms with Crippen LogP contribution in [0.1, 0.15) is 11.1 Å². The quantitative estimate of drug-likeness (QED) is 0.462. The Hall–Kier alpha value is -4.64. The van der Waals surface area contributed by atoms with E-state index in [2.05, 4.69) is 22.2 Å². The smallest absolute Gasteiger partial charge is 0.276 e. The third-order valence-corrected chi connectivity index (χ3v) is 4.57. The fourth-order valence-corrected chi connectivity index (χ4v) is 2.87. The molecule has 3 N–H and O–H groups in total. The minimum Gasteiger partial charge on any atom is -0.484 e. The maximum absolute atomic E-state index is 11.9. The molecule has 166 valence electrons. The van der Waals surface area contributed by atoms with E-state index in [9.17, 15) is 14.4 Å². The number of nitrogens with one attached hydrogen (secondary N) is 3. The molecule has 0 heterocycles. The Kier molecular flexibility index (Phi) is 8.15. The van der Waals surface area contributed by atoms with E-state index in [1.165, 1.54) is 0 Å². The van der Waals surface area contributed by atoms with E-state index in [4.69, 9.17) is 10.00 Å². The summed E-state index contributed by atoms with van der Waals surface area (Å²) in [5, 5.41) is 11.4. The monoisotopic (exact) mass is 442 g/mol. The van der Waals surface area contributed by atoms with Crippen LogP contribution < -0.4 is 20.9 Å². The number of amides is 3. The average Bonchev–Trinajstić information content (AvgIpc) is 2.86. The third kappa shape index (κ3) is 7.52. The molecule has 0 spiro atoms. The summed E-state index contributed by atoms with van der Waals surface area (Å²) in [4.78, 5) is 35.5. The van der Waals surface area contributed by atoms with Crippen molar-refractivity contribution in [1.82, 2.24) is 16.2 Å². The molecule has 3 aromatic carbocycles. The molecular formula is C25H22N4O4. The molecule has 3 aromatic rings. The molecule has 0 bridgehead atoms. The molecule has 0 saturated heterocycles. The summed E-state index contributed by atoms with van der Waals surface area (Å²) in [6.45, 7) is -0.555. The minimum absolute atomic E-state index is 0.165. The number of hydrogen-bond donors (Lipinski definition) is 3. The zero-order valence-electron chi connectivity index (χ0n) is 17.7. The SMILES string of the molecule is N#Cc1ccc(-c2ccc(OCC(=O)NNC(=O)CNC(=O)Cc3ccccc3)cc2)cc1. The Bertz CT molecular complexity index is 1140. The van der Waals surface area contributed by atoms with Gasteiger partial charge in [0.2, 0.25) is 5.91 Å². The second-order valence-corrected chi connectivity index (χ2v) is 7.04. The number of nitrogens with zero attached hydrogens (tertiary/aromatic N) is 1. The summed E-state index contributed by atoms with van der Waals surface area (Å²) >= 11 is 0. The molecule has 0 aliphatic rings. The molecule has 33 heavy (non-hydrogen) atoms. The highest BCUT2D eigenvalue weighted by Crippen LogP contribution is 2.22. The van der Waals surface area contributed by atoms with Gasteiger partial charge in [-0.2, -0.15) is 5.26 Å². The van der Waals surface area contributed by atoms with Gasteiger partial charge in [-0.15, -0.1) is 0 Å². The van der Waals surface area contributed by atoms with Gasteiger partial charge < -0.3 is 10.1 Å². The molecule has 3 amide bonds. The van der Waals surface area contributed by atoms with Crippen LogP contribution in [0.3, 0.4) is 0 Å². The van der Waals surface area contributed by atoms with E-state index in [1.807, 2.05) is 54.6 Å². The molecule has 0 aliphatic carbocycles. The molecule has 0 aromatic heterocycles. The van der Waals surface area contributed by atoms with Crippen LogP contribution in [0.2, 0.25) is 0 Å². The molecule has 3 rings (SSSR count). The largest absolute Gasteiger partial charge is 0.484 e. The van der Waals surface area contributed by atoms with Gasteiger partial charge in [0.15, 0.2) is 6.61 Å². The van der Waals surface area contributed by atoms with Gasteiger partial charge in [0.25, 0.3) is 11.8 Å². The highest BCUT2D eigenvalue weighted by atomic mass is 16.5. The Morgan fingerprint density at radius 2 is 1.36 bits per heavy atom. The van der Waals surface area contributed by atoms with Crippen LogP contribution in [0, 0.1) is 11.3 Å². The van der Waals surface area contributed by atoms with Crippen molar-refractivity contribution in [2.75, 3.05) is 13.2 Å². The van der Waals surface area contributed by atoms with E-state index in [1.54, 1.807) is 24.3 Å². The van der Waals surface area contributed by atoms with Crippen molar-refractivity contribution in [3.8, 4) is 22.9 Å². The summed E-state index contributed by atoms with van der Waals surface area (Å²) in [5.41, 5.74) is 7.78. The summed E-state index contributed by atoms with van der Waals surface area (Å²) in [6, 6.07) is 25.6. The molecule has 8 nitrogen and oxygen atoms in total. The molecule has 8 heteroatoms. The first-order chi connectivity index (χ1) is 16.0. The van der Waals surface area contributed by atoms with Crippen molar-refractivity contribution in [2.45, 2.75) is 6.42 Å². The van der Waals surface area contributed by atoms with E-state index in [0.717, 1.165) is 16.7 Å². The van der Waals surface area contributed by atoms with E-state index < -0.39 is 11.8 Å². The van der Waals surface area contributed by atoms with E-state index in [0.29, 0.717) is 11.3 Å². The number of hydrazine groups is 1. The van der Waals surface area contributed by atoms with Crippen LogP contribution in [-0.4, -0.2) is 30.9 Å². The molecule has 0 atom stereocenters. The lowest BCUT2D eigenvalue weighted by Gasteiger charge is -2.10. The van der Waals surface area contributed by atoms with Gasteiger partial charge in [-0.3, -0.25) is 25.2 Å². The molecule has 0 aliphatic heterocycles. The number of hydrogen-bond acceptors (Lipinski definition) is 5. The first-order valence-corrected chi connectivity index (χ1v) is 10.1. The molecule has 0 fully saturated rings. The number of carbonyl (C=O) groups excluding carboxylic acids is 3. The van der Waals surface area contributed by atoms with Crippen molar-refractivity contribution in [2.24, 2.45) is 0 Å². The first kappa shape index (κ1) is 23.0. The van der Waals surface area contributed by atoms with Crippen LogP contribution in [0.15, 0.2) is 78.9 Å². The Balaban J connectivity index is 1.35. The standard InChI is InChI=1S/C25H22N4O4/c26-15-19-6-8-20(9-7-19)21-10-12-22(13-11-21)33-17-25(32)29-28-24(31)16-27-23(30)14-18-4-2-1-3-5-18/h1-13H,14,16-17H2,(H,27,30)(H,28,31)(H,29,32). The van der Waals surface area contributed by atoms with E-state index in [-0.39, 0.29) is 25.5 Å². The van der Waals surface area contributed by atoms with Crippen molar-refractivity contribution in [3.05, 3.63) is 90.0 Å². The average molecular weight is 442 g/mol. The molecule has 0 saturated carbocycles. The van der Waals surface area contributed by atoms with Crippen molar-refractivity contribution >= 4 is 17.7 Å². The maximum Gasteiger partial charge on any atom is 0.276 e. The minimum atomic E-state index is -0.559. The highest BCUT2D eigenvalue weighted by Gasteiger charge is 2.08. The van der Waals surface area contributed by atoms with Crippen LogP contribution in [0.25, 0.3) is 11.1 Å². The maximum atomic E-state index is 11.9. The molecule has 0 unspecified atom stereocenters. The lowest BCUT2D eigenvalue weighted by molar-refractivity contribution is -0.130. The zero-order chi connectivity index (χ0) is 23.5. The fraction of sp³-hybridized carbons (Fsp3) is 0.120. The van der Waals surface area contributed by atoms with Gasteiger partial charge in [0, 0.05) is 0 Å². The van der Waals surface area contributed by atoms with Gasteiger partial charge in [0.1, 0.15) is 5.75 Å². The van der Waals surface area contributed by atoms with Gasteiger partial charge in [-0.1, -0.05) is 54.6 Å². The lowest BCUT2D eigenvalue weighted by Crippen LogP contribution is -2.47. The van der Waals surface area contributed by atoms with Gasteiger partial charge in [0.05, 0.1) is 24.6 Å². The Morgan fingerprint density at radius 3 is 2.00 bits per heavy atom. The number of rotatable bonds is 8. The number of benzene rings is 3. The van der Waals surface area contributed by atoms with Gasteiger partial charge >= 0.3 is 0 Å². The normalized spacial score (nSPS) is 9.91. The highest BCUT2D eigenvalue weighted by molar-refractivity contribution is 5.87. The predicted octanol–water partition coefficient (Wildman–Crippen LogP) is 2.11. The van der Waals surface area contributed by atoms with Crippen molar-refractivity contribution in [3.63, 3.8) is 0 Å². The van der Waals surface area contributed by atoms with Crippen LogP contribution >= 0.6 is 0 Å². The summed E-state index contributed by atoms with van der Waals surface area (Å²) in [6.07, 6.45) is 0.165. The van der Waals surface area contributed by atoms with Gasteiger partial charge in [-0.05, 0) is 41.0 Å². The van der Waals surface area contributed by atoms with Gasteiger partial charge in [-0.25, -0.2) is 0 Å². The number of ether oxygens (including phenoxy) is 1. The second-order valence-electron chi connectivity index (χ2n) is 7.04. The second kappa shape index (κ2) is 11.7. The van der Waals surface area contributed by atoms with Crippen LogP contribution in [0.5, 0.6) is 5.75 Å².